The maximum absolute atomic E-state index is 13.5. The number of allylic oxidation sites excluding steroid dienone is 2. The van der Waals surface area contributed by atoms with E-state index in [0.29, 0.717) is 12.0 Å². The van der Waals surface area contributed by atoms with E-state index in [1.54, 1.807) is 18.3 Å². The van der Waals surface area contributed by atoms with Crippen LogP contribution >= 0.6 is 0 Å². The normalized spacial score (nSPS) is 19.4. The average molecular weight is 219 g/mol. The minimum atomic E-state index is -0.362. The first-order chi connectivity index (χ1) is 7.48. The molecule has 0 atom stereocenters. The SMILES string of the molecule is CC1(C)CC(=O)C=C(c2ccncc2F)C1. The first-order valence-electron chi connectivity index (χ1n) is 5.31. The Morgan fingerprint density at radius 1 is 1.38 bits per heavy atom. The Bertz CT molecular complexity index is 463. The lowest BCUT2D eigenvalue weighted by molar-refractivity contribution is -0.116. The van der Waals surface area contributed by atoms with Crippen LogP contribution in [0.2, 0.25) is 0 Å². The molecule has 1 aliphatic carbocycles. The van der Waals surface area contributed by atoms with E-state index in [1.807, 2.05) is 13.8 Å². The molecule has 1 heterocycles. The van der Waals surface area contributed by atoms with Crippen LogP contribution in [0, 0.1) is 11.2 Å². The highest BCUT2D eigenvalue weighted by atomic mass is 19.1. The molecule has 0 aliphatic heterocycles. The van der Waals surface area contributed by atoms with Crippen molar-refractivity contribution in [3.63, 3.8) is 0 Å². The van der Waals surface area contributed by atoms with Crippen LogP contribution in [0.5, 0.6) is 0 Å². The largest absolute Gasteiger partial charge is 0.295 e. The maximum atomic E-state index is 13.5. The van der Waals surface area contributed by atoms with Crippen molar-refractivity contribution in [2.45, 2.75) is 26.7 Å². The number of rotatable bonds is 1. The molecule has 3 heteroatoms. The summed E-state index contributed by atoms with van der Waals surface area (Å²) in [5.41, 5.74) is 1.19. The summed E-state index contributed by atoms with van der Waals surface area (Å²) in [4.78, 5) is 15.3. The molecule has 0 N–H and O–H groups in total. The highest BCUT2D eigenvalue weighted by Crippen LogP contribution is 2.38. The maximum Gasteiger partial charge on any atom is 0.156 e. The lowest BCUT2D eigenvalue weighted by Gasteiger charge is -2.28. The molecule has 0 saturated carbocycles. The van der Waals surface area contributed by atoms with E-state index < -0.39 is 0 Å². The number of halogens is 1. The number of carbonyl (C=O) groups excluding carboxylic acids is 1. The summed E-state index contributed by atoms with van der Waals surface area (Å²) in [6.07, 6.45) is 5.54. The number of nitrogens with zero attached hydrogens (tertiary/aromatic N) is 1. The van der Waals surface area contributed by atoms with Gasteiger partial charge in [-0.15, -0.1) is 0 Å². The van der Waals surface area contributed by atoms with Gasteiger partial charge in [0.2, 0.25) is 0 Å². The molecule has 0 radical (unpaired) electrons. The number of hydrogen-bond acceptors (Lipinski definition) is 2. The molecule has 0 amide bonds. The zero-order valence-corrected chi connectivity index (χ0v) is 9.46. The first kappa shape index (κ1) is 11.0. The van der Waals surface area contributed by atoms with Gasteiger partial charge in [-0.2, -0.15) is 0 Å². The van der Waals surface area contributed by atoms with Gasteiger partial charge in [0.05, 0.1) is 6.20 Å². The lowest BCUT2D eigenvalue weighted by atomic mass is 9.75. The topological polar surface area (TPSA) is 30.0 Å². The predicted octanol–water partition coefficient (Wildman–Crippen LogP) is 2.99. The van der Waals surface area contributed by atoms with Crippen molar-refractivity contribution < 1.29 is 9.18 Å². The summed E-state index contributed by atoms with van der Waals surface area (Å²) in [6.45, 7) is 4.05. The molecule has 0 bridgehead atoms. The quantitative estimate of drug-likeness (QED) is 0.726. The number of aromatic nitrogens is 1. The minimum absolute atomic E-state index is 0.0717. The molecule has 0 unspecified atom stereocenters. The number of pyridine rings is 1. The molecule has 0 fully saturated rings. The Balaban J connectivity index is 2.42. The van der Waals surface area contributed by atoms with Crippen molar-refractivity contribution in [2.75, 3.05) is 0 Å². The van der Waals surface area contributed by atoms with Gasteiger partial charge in [0.25, 0.3) is 0 Å². The molecule has 0 aromatic carbocycles. The van der Waals surface area contributed by atoms with Crippen LogP contribution in [-0.2, 0) is 4.79 Å². The second-order valence-electron chi connectivity index (χ2n) is 5.01. The van der Waals surface area contributed by atoms with Crippen LogP contribution in [0.25, 0.3) is 5.57 Å². The third kappa shape index (κ3) is 2.18. The smallest absolute Gasteiger partial charge is 0.156 e. The van der Waals surface area contributed by atoms with Crippen molar-refractivity contribution in [3.05, 3.63) is 35.9 Å². The van der Waals surface area contributed by atoms with E-state index >= 15 is 0 Å². The van der Waals surface area contributed by atoms with Crippen molar-refractivity contribution in [3.8, 4) is 0 Å². The van der Waals surface area contributed by atoms with Crippen molar-refractivity contribution in [2.24, 2.45) is 5.41 Å². The second-order valence-corrected chi connectivity index (χ2v) is 5.01. The highest BCUT2D eigenvalue weighted by molar-refractivity contribution is 5.99. The second kappa shape index (κ2) is 3.81. The molecule has 1 aliphatic rings. The minimum Gasteiger partial charge on any atom is -0.295 e. The summed E-state index contributed by atoms with van der Waals surface area (Å²) in [7, 11) is 0. The Morgan fingerprint density at radius 3 is 2.75 bits per heavy atom. The lowest BCUT2D eigenvalue weighted by Crippen LogP contribution is -2.21. The molecular weight excluding hydrogens is 205 g/mol. The molecule has 0 saturated heterocycles. The van der Waals surface area contributed by atoms with Crippen molar-refractivity contribution in [1.82, 2.24) is 4.98 Å². The molecule has 16 heavy (non-hydrogen) atoms. The van der Waals surface area contributed by atoms with Gasteiger partial charge in [0.1, 0.15) is 5.82 Å². The Labute approximate surface area is 94.2 Å². The fourth-order valence-electron chi connectivity index (χ4n) is 2.15. The van der Waals surface area contributed by atoms with E-state index in [9.17, 15) is 9.18 Å². The Kier molecular flexibility index (Phi) is 2.62. The van der Waals surface area contributed by atoms with Crippen LogP contribution in [0.4, 0.5) is 4.39 Å². The summed E-state index contributed by atoms with van der Waals surface area (Å²) >= 11 is 0. The molecule has 2 rings (SSSR count). The molecular formula is C13H14FNO. The van der Waals surface area contributed by atoms with Crippen molar-refractivity contribution in [1.29, 1.82) is 0 Å². The molecule has 1 aromatic heterocycles. The van der Waals surface area contributed by atoms with Crippen LogP contribution in [0.3, 0.4) is 0 Å². The highest BCUT2D eigenvalue weighted by Gasteiger charge is 2.28. The molecule has 0 spiro atoms. The summed E-state index contributed by atoms with van der Waals surface area (Å²) in [6, 6.07) is 1.62. The number of carbonyl (C=O) groups is 1. The van der Waals surface area contributed by atoms with Gasteiger partial charge in [-0.1, -0.05) is 13.8 Å². The average Bonchev–Trinajstić information content (AvgIpc) is 2.15. The zero-order chi connectivity index (χ0) is 11.8. The van der Waals surface area contributed by atoms with E-state index in [0.717, 1.165) is 12.0 Å². The van der Waals surface area contributed by atoms with Gasteiger partial charge in [-0.05, 0) is 29.6 Å². The van der Waals surface area contributed by atoms with Gasteiger partial charge in [-0.3, -0.25) is 9.78 Å². The third-order valence-corrected chi connectivity index (χ3v) is 2.78. The van der Waals surface area contributed by atoms with Crippen LogP contribution in [0.1, 0.15) is 32.3 Å². The van der Waals surface area contributed by atoms with Crippen LogP contribution < -0.4 is 0 Å². The fraction of sp³-hybridized carbons (Fsp3) is 0.385. The predicted molar refractivity (Wildman–Crippen MR) is 60.2 cm³/mol. The monoisotopic (exact) mass is 219 g/mol. The Morgan fingerprint density at radius 2 is 2.12 bits per heavy atom. The van der Waals surface area contributed by atoms with Crippen molar-refractivity contribution >= 4 is 11.4 Å². The standard InChI is InChI=1S/C13H14FNO/c1-13(2)6-9(5-10(16)7-13)11-3-4-15-8-12(11)14/h3-5,8H,6-7H2,1-2H3. The van der Waals surface area contributed by atoms with Gasteiger partial charge in [0, 0.05) is 18.2 Å². The van der Waals surface area contributed by atoms with Crippen LogP contribution in [0.15, 0.2) is 24.5 Å². The summed E-state index contributed by atoms with van der Waals surface area (Å²) in [5, 5.41) is 0. The number of hydrogen-bond donors (Lipinski definition) is 0. The molecule has 1 aromatic rings. The van der Waals surface area contributed by atoms with Gasteiger partial charge < -0.3 is 0 Å². The van der Waals surface area contributed by atoms with E-state index in [-0.39, 0.29) is 17.0 Å². The summed E-state index contributed by atoms with van der Waals surface area (Å²) < 4.78 is 13.5. The Hall–Kier alpha value is -1.51. The van der Waals surface area contributed by atoms with E-state index in [1.165, 1.54) is 6.20 Å². The van der Waals surface area contributed by atoms with E-state index in [2.05, 4.69) is 4.98 Å². The fourth-order valence-corrected chi connectivity index (χ4v) is 2.15. The van der Waals surface area contributed by atoms with Gasteiger partial charge in [0.15, 0.2) is 5.78 Å². The molecule has 84 valence electrons. The summed E-state index contributed by atoms with van der Waals surface area (Å²) in [5.74, 6) is -0.290. The van der Waals surface area contributed by atoms with Gasteiger partial charge in [-0.25, -0.2) is 4.39 Å². The van der Waals surface area contributed by atoms with Gasteiger partial charge >= 0.3 is 0 Å². The van der Waals surface area contributed by atoms with Crippen LogP contribution in [-0.4, -0.2) is 10.8 Å². The number of ketones is 1. The van der Waals surface area contributed by atoms with E-state index in [4.69, 9.17) is 0 Å². The first-order valence-corrected chi connectivity index (χ1v) is 5.31. The molecule has 2 nitrogen and oxygen atoms in total. The zero-order valence-electron chi connectivity index (χ0n) is 9.46. The third-order valence-electron chi connectivity index (χ3n) is 2.78.